The lowest BCUT2D eigenvalue weighted by Crippen LogP contribution is -2.57. The molecular weight excluding hydrogens is 422 g/mol. The third-order valence-electron chi connectivity index (χ3n) is 3.73. The Labute approximate surface area is 175 Å². The molecule has 0 heterocycles. The maximum absolute atomic E-state index is 12.4. The summed E-state index contributed by atoms with van der Waals surface area (Å²) in [6.07, 6.45) is -2.77. The van der Waals surface area contributed by atoms with Crippen LogP contribution in [0.4, 0.5) is 0 Å². The summed E-state index contributed by atoms with van der Waals surface area (Å²) in [5.41, 5.74) is 10.4. The van der Waals surface area contributed by atoms with Gasteiger partial charge in [-0.05, 0) is 13.3 Å². The molecule has 0 saturated carbocycles. The summed E-state index contributed by atoms with van der Waals surface area (Å²) in [6, 6.07) is -6.12. The standard InChI is InChI=1S/C16H25N5O10/c1-6(17)13(27)20-8(4-10(18)22)14(28)21-9(5-12(25)26)15(29)19-7(16(30)31)2-3-11(23)24/h6-9H,2-5,17H2,1H3,(H2,18,22)(H,19,29)(H,20,27)(H,21,28)(H,23,24)(H,25,26)(H,30,31). The zero-order chi connectivity index (χ0) is 24.3. The summed E-state index contributed by atoms with van der Waals surface area (Å²) >= 11 is 0. The SMILES string of the molecule is CC(N)C(=O)NC(CC(N)=O)C(=O)NC(CC(=O)O)C(=O)NC(CCC(=O)O)C(=O)O. The molecule has 15 nitrogen and oxygen atoms in total. The number of primary amides is 1. The van der Waals surface area contributed by atoms with Gasteiger partial charge in [-0.25, -0.2) is 4.79 Å². The van der Waals surface area contributed by atoms with Gasteiger partial charge in [-0.15, -0.1) is 0 Å². The van der Waals surface area contributed by atoms with Gasteiger partial charge in [0.05, 0.1) is 18.9 Å². The van der Waals surface area contributed by atoms with Crippen molar-refractivity contribution in [3.8, 4) is 0 Å². The largest absolute Gasteiger partial charge is 0.481 e. The molecule has 4 unspecified atom stereocenters. The fourth-order valence-electron chi connectivity index (χ4n) is 2.17. The minimum Gasteiger partial charge on any atom is -0.481 e. The van der Waals surface area contributed by atoms with E-state index < -0.39 is 91.4 Å². The fourth-order valence-corrected chi connectivity index (χ4v) is 2.17. The Morgan fingerprint density at radius 1 is 0.742 bits per heavy atom. The molecule has 0 rings (SSSR count). The molecule has 0 fully saturated rings. The average molecular weight is 447 g/mol. The van der Waals surface area contributed by atoms with E-state index in [-0.39, 0.29) is 0 Å². The minimum absolute atomic E-state index is 0.501. The van der Waals surface area contributed by atoms with Crippen LogP contribution >= 0.6 is 0 Å². The number of aliphatic carboxylic acids is 3. The molecule has 0 aliphatic rings. The van der Waals surface area contributed by atoms with Crippen molar-refractivity contribution in [1.29, 1.82) is 0 Å². The van der Waals surface area contributed by atoms with Crippen LogP contribution in [-0.4, -0.2) is 81.0 Å². The Morgan fingerprint density at radius 2 is 1.19 bits per heavy atom. The molecule has 4 amide bonds. The first-order valence-corrected chi connectivity index (χ1v) is 8.86. The number of nitrogens with two attached hydrogens (primary N) is 2. The molecule has 15 heteroatoms. The number of amides is 4. The first-order valence-electron chi connectivity index (χ1n) is 8.86. The van der Waals surface area contributed by atoms with Crippen molar-refractivity contribution in [1.82, 2.24) is 16.0 Å². The summed E-state index contributed by atoms with van der Waals surface area (Å²) in [5, 5.41) is 32.8. The second-order valence-corrected chi connectivity index (χ2v) is 6.51. The van der Waals surface area contributed by atoms with Crippen LogP contribution in [0.5, 0.6) is 0 Å². The Hall–Kier alpha value is -3.75. The molecule has 0 spiro atoms. The number of carbonyl (C=O) groups is 7. The first-order chi connectivity index (χ1) is 14.2. The molecule has 0 aromatic carbocycles. The second-order valence-electron chi connectivity index (χ2n) is 6.51. The molecule has 0 radical (unpaired) electrons. The van der Waals surface area contributed by atoms with Crippen molar-refractivity contribution in [2.24, 2.45) is 11.5 Å². The summed E-state index contributed by atoms with van der Waals surface area (Å²) in [6.45, 7) is 1.29. The smallest absolute Gasteiger partial charge is 0.326 e. The molecule has 0 aliphatic carbocycles. The number of carbonyl (C=O) groups excluding carboxylic acids is 4. The number of hydrogen-bond donors (Lipinski definition) is 8. The second kappa shape index (κ2) is 12.7. The number of hydrogen-bond acceptors (Lipinski definition) is 8. The molecular formula is C16H25N5O10. The van der Waals surface area contributed by atoms with E-state index in [1.54, 1.807) is 0 Å². The predicted molar refractivity (Wildman–Crippen MR) is 100 cm³/mol. The van der Waals surface area contributed by atoms with Crippen LogP contribution in [0, 0.1) is 0 Å². The van der Waals surface area contributed by atoms with E-state index in [0.717, 1.165) is 0 Å². The lowest BCUT2D eigenvalue weighted by Gasteiger charge is -2.23. The van der Waals surface area contributed by atoms with Gasteiger partial charge in [0.2, 0.25) is 23.6 Å². The zero-order valence-corrected chi connectivity index (χ0v) is 16.5. The summed E-state index contributed by atoms with van der Waals surface area (Å²) in [5.74, 6) is -8.65. The van der Waals surface area contributed by atoms with Crippen LogP contribution in [0.2, 0.25) is 0 Å². The summed E-state index contributed by atoms with van der Waals surface area (Å²) in [4.78, 5) is 80.6. The molecule has 174 valence electrons. The number of carboxylic acids is 3. The molecule has 0 aromatic rings. The van der Waals surface area contributed by atoms with Crippen molar-refractivity contribution in [3.05, 3.63) is 0 Å². The Bertz CT molecular complexity index is 738. The van der Waals surface area contributed by atoms with E-state index in [1.165, 1.54) is 6.92 Å². The quantitative estimate of drug-likeness (QED) is 0.127. The monoisotopic (exact) mass is 447 g/mol. The summed E-state index contributed by atoms with van der Waals surface area (Å²) in [7, 11) is 0. The Kier molecular flexibility index (Phi) is 11.2. The molecule has 0 bridgehead atoms. The van der Waals surface area contributed by atoms with E-state index in [9.17, 15) is 33.6 Å². The Balaban J connectivity index is 5.47. The van der Waals surface area contributed by atoms with E-state index in [4.69, 9.17) is 26.8 Å². The fraction of sp³-hybridized carbons (Fsp3) is 0.562. The van der Waals surface area contributed by atoms with Crippen molar-refractivity contribution in [2.45, 2.75) is 56.8 Å². The summed E-state index contributed by atoms with van der Waals surface area (Å²) < 4.78 is 0. The highest BCUT2D eigenvalue weighted by Crippen LogP contribution is 2.03. The maximum atomic E-state index is 12.4. The minimum atomic E-state index is -1.81. The highest BCUT2D eigenvalue weighted by Gasteiger charge is 2.32. The van der Waals surface area contributed by atoms with E-state index in [2.05, 4.69) is 5.32 Å². The number of rotatable bonds is 14. The molecule has 0 aliphatic heterocycles. The van der Waals surface area contributed by atoms with Gasteiger partial charge >= 0.3 is 17.9 Å². The van der Waals surface area contributed by atoms with Gasteiger partial charge < -0.3 is 42.7 Å². The van der Waals surface area contributed by atoms with Crippen molar-refractivity contribution < 1.29 is 48.9 Å². The van der Waals surface area contributed by atoms with Gasteiger partial charge in [0, 0.05) is 6.42 Å². The van der Waals surface area contributed by atoms with Crippen LogP contribution in [0.3, 0.4) is 0 Å². The highest BCUT2D eigenvalue weighted by molar-refractivity contribution is 5.97. The van der Waals surface area contributed by atoms with E-state index >= 15 is 0 Å². The van der Waals surface area contributed by atoms with Crippen LogP contribution in [-0.2, 0) is 33.6 Å². The molecule has 0 aromatic heterocycles. The normalized spacial score (nSPS) is 14.3. The van der Waals surface area contributed by atoms with Gasteiger partial charge in [-0.1, -0.05) is 0 Å². The van der Waals surface area contributed by atoms with Crippen LogP contribution in [0.1, 0.15) is 32.6 Å². The molecule has 0 saturated heterocycles. The van der Waals surface area contributed by atoms with Crippen molar-refractivity contribution >= 4 is 41.5 Å². The average Bonchev–Trinajstić information content (AvgIpc) is 2.62. The van der Waals surface area contributed by atoms with Gasteiger partial charge in [-0.2, -0.15) is 0 Å². The maximum Gasteiger partial charge on any atom is 0.326 e. The van der Waals surface area contributed by atoms with Gasteiger partial charge in [-0.3, -0.25) is 28.8 Å². The molecule has 10 N–H and O–H groups in total. The van der Waals surface area contributed by atoms with Crippen LogP contribution in [0.15, 0.2) is 0 Å². The third-order valence-corrected chi connectivity index (χ3v) is 3.73. The van der Waals surface area contributed by atoms with Crippen LogP contribution in [0.25, 0.3) is 0 Å². The predicted octanol–water partition coefficient (Wildman–Crippen LogP) is -3.91. The Morgan fingerprint density at radius 3 is 1.58 bits per heavy atom. The molecule has 31 heavy (non-hydrogen) atoms. The van der Waals surface area contributed by atoms with E-state index in [1.807, 2.05) is 10.6 Å². The van der Waals surface area contributed by atoms with E-state index in [0.29, 0.717) is 0 Å². The lowest BCUT2D eigenvalue weighted by molar-refractivity contribution is -0.144. The highest BCUT2D eigenvalue weighted by atomic mass is 16.4. The van der Waals surface area contributed by atoms with Gasteiger partial charge in [0.1, 0.15) is 18.1 Å². The zero-order valence-electron chi connectivity index (χ0n) is 16.5. The van der Waals surface area contributed by atoms with Crippen LogP contribution < -0.4 is 27.4 Å². The van der Waals surface area contributed by atoms with Crippen molar-refractivity contribution in [3.63, 3.8) is 0 Å². The topological polar surface area (TPSA) is 268 Å². The molecule has 4 atom stereocenters. The number of carboxylic acid groups (broad SMARTS) is 3. The first kappa shape index (κ1) is 27.2. The van der Waals surface area contributed by atoms with Gasteiger partial charge in [0.15, 0.2) is 0 Å². The third kappa shape index (κ3) is 11.1. The van der Waals surface area contributed by atoms with Crippen molar-refractivity contribution in [2.75, 3.05) is 0 Å². The lowest BCUT2D eigenvalue weighted by atomic mass is 10.1. The van der Waals surface area contributed by atoms with Gasteiger partial charge in [0.25, 0.3) is 0 Å². The number of nitrogens with one attached hydrogen (secondary N) is 3.